The minimum absolute atomic E-state index is 0. The lowest BCUT2D eigenvalue weighted by atomic mass is 10.1. The molecule has 3 N–H and O–H groups in total. The highest BCUT2D eigenvalue weighted by Crippen LogP contribution is 2.13. The van der Waals surface area contributed by atoms with Crippen molar-refractivity contribution < 1.29 is 14.3 Å². The van der Waals surface area contributed by atoms with Crippen LogP contribution in [0, 0.1) is 0 Å². The summed E-state index contributed by atoms with van der Waals surface area (Å²) < 4.78 is 5.25. The van der Waals surface area contributed by atoms with Crippen LogP contribution in [0.1, 0.15) is 46.1 Å². The van der Waals surface area contributed by atoms with Crippen LogP contribution in [-0.2, 0) is 16.0 Å². The molecule has 2 rings (SSSR count). The van der Waals surface area contributed by atoms with Gasteiger partial charge in [0.25, 0.3) is 0 Å². The number of rotatable bonds is 7. The highest BCUT2D eigenvalue weighted by atomic mass is 127. The van der Waals surface area contributed by atoms with Crippen LogP contribution in [0.3, 0.4) is 0 Å². The predicted octanol–water partition coefficient (Wildman–Crippen LogP) is 3.37. The van der Waals surface area contributed by atoms with Crippen molar-refractivity contribution >= 4 is 47.6 Å². The van der Waals surface area contributed by atoms with E-state index in [1.54, 1.807) is 0 Å². The Balaban J connectivity index is 0.00000480. The van der Waals surface area contributed by atoms with Gasteiger partial charge in [-0.05, 0) is 64.7 Å². The van der Waals surface area contributed by atoms with Crippen molar-refractivity contribution in [3.63, 3.8) is 0 Å². The number of hydrogen-bond acceptors (Lipinski definition) is 4. The Labute approximate surface area is 202 Å². The van der Waals surface area contributed by atoms with Gasteiger partial charge in [-0.3, -0.25) is 10.1 Å². The van der Waals surface area contributed by atoms with E-state index in [-0.39, 0.29) is 36.4 Å². The molecule has 174 valence electrons. The smallest absolute Gasteiger partial charge is 0.412 e. The molecule has 0 unspecified atom stereocenters. The third kappa shape index (κ3) is 10.7. The SMILES string of the molecule is CCNC(=NCC(=O)N1CCCC1)NCCc1ccc(NC(=O)OC(C)(C)C)cc1.I. The second kappa shape index (κ2) is 13.4. The average molecular weight is 545 g/mol. The molecule has 0 aliphatic carbocycles. The molecule has 31 heavy (non-hydrogen) atoms. The van der Waals surface area contributed by atoms with Gasteiger partial charge < -0.3 is 20.3 Å². The Morgan fingerprint density at radius 3 is 2.32 bits per heavy atom. The first-order chi connectivity index (χ1) is 14.3. The molecular weight excluding hydrogens is 509 g/mol. The molecule has 1 saturated heterocycles. The van der Waals surface area contributed by atoms with Crippen LogP contribution < -0.4 is 16.0 Å². The van der Waals surface area contributed by atoms with Gasteiger partial charge in [-0.15, -0.1) is 24.0 Å². The monoisotopic (exact) mass is 545 g/mol. The van der Waals surface area contributed by atoms with Crippen LogP contribution in [0.5, 0.6) is 0 Å². The van der Waals surface area contributed by atoms with E-state index in [4.69, 9.17) is 4.74 Å². The lowest BCUT2D eigenvalue weighted by molar-refractivity contribution is -0.128. The van der Waals surface area contributed by atoms with Crippen molar-refractivity contribution in [2.45, 2.75) is 52.6 Å². The normalized spacial score (nSPS) is 13.9. The number of amides is 2. The summed E-state index contributed by atoms with van der Waals surface area (Å²) in [5.41, 5.74) is 1.29. The van der Waals surface area contributed by atoms with Crippen LogP contribution >= 0.6 is 24.0 Å². The van der Waals surface area contributed by atoms with E-state index in [1.165, 1.54) is 0 Å². The zero-order valence-electron chi connectivity index (χ0n) is 19.0. The number of nitrogens with one attached hydrogen (secondary N) is 3. The van der Waals surface area contributed by atoms with Crippen molar-refractivity contribution in [3.05, 3.63) is 29.8 Å². The molecule has 8 nitrogen and oxygen atoms in total. The third-order valence-corrected chi connectivity index (χ3v) is 4.48. The van der Waals surface area contributed by atoms with Gasteiger partial charge in [-0.2, -0.15) is 0 Å². The number of benzene rings is 1. The van der Waals surface area contributed by atoms with Gasteiger partial charge in [0.15, 0.2) is 5.96 Å². The molecule has 0 saturated carbocycles. The maximum Gasteiger partial charge on any atom is 0.412 e. The first-order valence-corrected chi connectivity index (χ1v) is 10.7. The average Bonchev–Trinajstić information content (AvgIpc) is 3.20. The number of anilines is 1. The molecule has 1 aromatic rings. The summed E-state index contributed by atoms with van der Waals surface area (Å²) in [6.45, 7) is 10.8. The summed E-state index contributed by atoms with van der Waals surface area (Å²) >= 11 is 0. The van der Waals surface area contributed by atoms with Gasteiger partial charge in [0, 0.05) is 31.9 Å². The number of aliphatic imine (C=N–C) groups is 1. The fourth-order valence-corrected chi connectivity index (χ4v) is 3.06. The van der Waals surface area contributed by atoms with Gasteiger partial charge in [0.1, 0.15) is 12.1 Å². The quantitative estimate of drug-likeness (QED) is 0.278. The first-order valence-electron chi connectivity index (χ1n) is 10.7. The molecule has 1 aliphatic rings. The summed E-state index contributed by atoms with van der Waals surface area (Å²) in [4.78, 5) is 30.3. The maximum absolute atomic E-state index is 12.2. The molecule has 0 radical (unpaired) electrons. The summed E-state index contributed by atoms with van der Waals surface area (Å²) in [5, 5.41) is 9.16. The molecule has 1 heterocycles. The van der Waals surface area contributed by atoms with Crippen molar-refractivity contribution in [2.75, 3.05) is 38.0 Å². The molecule has 0 aromatic heterocycles. The second-order valence-corrected chi connectivity index (χ2v) is 8.28. The maximum atomic E-state index is 12.2. The third-order valence-electron chi connectivity index (χ3n) is 4.48. The Morgan fingerprint density at radius 2 is 1.74 bits per heavy atom. The Kier molecular flexibility index (Phi) is 11.7. The molecule has 0 bridgehead atoms. The number of likely N-dealkylation sites (tertiary alicyclic amines) is 1. The van der Waals surface area contributed by atoms with Crippen LogP contribution in [0.2, 0.25) is 0 Å². The summed E-state index contributed by atoms with van der Waals surface area (Å²) in [6, 6.07) is 7.64. The van der Waals surface area contributed by atoms with E-state index in [0.717, 1.165) is 44.5 Å². The van der Waals surface area contributed by atoms with E-state index >= 15 is 0 Å². The van der Waals surface area contributed by atoms with Crippen molar-refractivity contribution in [2.24, 2.45) is 4.99 Å². The van der Waals surface area contributed by atoms with Gasteiger partial charge >= 0.3 is 6.09 Å². The van der Waals surface area contributed by atoms with Crippen LogP contribution in [0.15, 0.2) is 29.3 Å². The Hall–Kier alpha value is -2.04. The van der Waals surface area contributed by atoms with Gasteiger partial charge in [-0.25, -0.2) is 9.79 Å². The number of guanidine groups is 1. The van der Waals surface area contributed by atoms with Crippen molar-refractivity contribution in [1.29, 1.82) is 0 Å². The molecule has 0 spiro atoms. The van der Waals surface area contributed by atoms with E-state index in [1.807, 2.05) is 56.9 Å². The number of carbonyl (C=O) groups is 2. The lowest BCUT2D eigenvalue weighted by Gasteiger charge is -2.19. The molecule has 9 heteroatoms. The lowest BCUT2D eigenvalue weighted by Crippen LogP contribution is -2.39. The predicted molar refractivity (Wildman–Crippen MR) is 135 cm³/mol. The zero-order chi connectivity index (χ0) is 22.0. The highest BCUT2D eigenvalue weighted by molar-refractivity contribution is 14.0. The Bertz CT molecular complexity index is 726. The number of halogens is 1. The van der Waals surface area contributed by atoms with Gasteiger partial charge in [-0.1, -0.05) is 12.1 Å². The first kappa shape index (κ1) is 27.0. The largest absolute Gasteiger partial charge is 0.444 e. The molecular formula is C22H36IN5O3. The van der Waals surface area contributed by atoms with E-state index in [2.05, 4.69) is 20.9 Å². The topological polar surface area (TPSA) is 95.1 Å². The minimum atomic E-state index is -0.527. The summed E-state index contributed by atoms with van der Waals surface area (Å²) in [7, 11) is 0. The molecule has 2 amide bonds. The van der Waals surface area contributed by atoms with E-state index in [9.17, 15) is 9.59 Å². The summed E-state index contributed by atoms with van der Waals surface area (Å²) in [6.07, 6.45) is 2.49. The van der Waals surface area contributed by atoms with Crippen LogP contribution in [0.25, 0.3) is 0 Å². The standard InChI is InChI=1S/C22H35N5O3.HI/c1-5-23-20(25-16-19(28)27-14-6-7-15-27)24-13-12-17-8-10-18(11-9-17)26-21(29)30-22(2,3)4;/h8-11H,5-7,12-16H2,1-4H3,(H,26,29)(H2,23,24,25);1H. The van der Waals surface area contributed by atoms with Crippen LogP contribution in [0.4, 0.5) is 10.5 Å². The van der Waals surface area contributed by atoms with Crippen LogP contribution in [-0.4, -0.2) is 61.2 Å². The number of nitrogens with zero attached hydrogens (tertiary/aromatic N) is 2. The highest BCUT2D eigenvalue weighted by Gasteiger charge is 2.17. The second-order valence-electron chi connectivity index (χ2n) is 8.28. The number of hydrogen-bond donors (Lipinski definition) is 3. The van der Waals surface area contributed by atoms with E-state index in [0.29, 0.717) is 18.2 Å². The number of ether oxygens (including phenoxy) is 1. The fourth-order valence-electron chi connectivity index (χ4n) is 3.06. The van der Waals surface area contributed by atoms with Crippen molar-refractivity contribution in [1.82, 2.24) is 15.5 Å². The van der Waals surface area contributed by atoms with Gasteiger partial charge in [0.05, 0.1) is 0 Å². The Morgan fingerprint density at radius 1 is 1.10 bits per heavy atom. The molecule has 0 atom stereocenters. The molecule has 1 aromatic carbocycles. The fraction of sp³-hybridized carbons (Fsp3) is 0.591. The minimum Gasteiger partial charge on any atom is -0.444 e. The molecule has 1 fully saturated rings. The zero-order valence-corrected chi connectivity index (χ0v) is 21.3. The van der Waals surface area contributed by atoms with E-state index < -0.39 is 11.7 Å². The molecule has 1 aliphatic heterocycles. The van der Waals surface area contributed by atoms with Crippen molar-refractivity contribution in [3.8, 4) is 0 Å². The van der Waals surface area contributed by atoms with Gasteiger partial charge in [0.2, 0.25) is 5.91 Å². The number of carbonyl (C=O) groups excluding carboxylic acids is 2. The summed E-state index contributed by atoms with van der Waals surface area (Å²) in [5.74, 6) is 0.728.